The average Bonchev–Trinajstić information content (AvgIpc) is 2.82. The third-order valence-corrected chi connectivity index (χ3v) is 4.33. The van der Waals surface area contributed by atoms with E-state index in [1.54, 1.807) is 6.20 Å². The largest absolute Gasteiger partial charge is 0.261 e. The minimum atomic E-state index is -3.90. The second kappa shape index (κ2) is 5.51. The minimum absolute atomic E-state index is 0.159. The van der Waals surface area contributed by atoms with Gasteiger partial charge in [0.2, 0.25) is 5.03 Å². The van der Waals surface area contributed by atoms with Gasteiger partial charge in [-0.3, -0.25) is 0 Å². The van der Waals surface area contributed by atoms with Gasteiger partial charge in [-0.15, -0.1) is 11.3 Å². The van der Waals surface area contributed by atoms with Gasteiger partial charge in [-0.25, -0.2) is 27.5 Å². The van der Waals surface area contributed by atoms with Crippen LogP contribution >= 0.6 is 11.3 Å². The first-order chi connectivity index (χ1) is 8.59. The van der Waals surface area contributed by atoms with Crippen molar-refractivity contribution >= 4 is 21.4 Å². The number of hydrogen-bond donors (Lipinski definition) is 1. The van der Waals surface area contributed by atoms with Gasteiger partial charge in [0.05, 0.1) is 5.01 Å². The maximum absolute atomic E-state index is 13.3. The lowest BCUT2D eigenvalue weighted by Gasteiger charge is -2.05. The molecule has 2 rings (SSSR count). The Hall–Kier alpha value is -1.38. The number of sulfonamides is 1. The molecule has 0 amide bonds. The smallest absolute Gasteiger partial charge is 0.250 e. The number of nitrogens with one attached hydrogen (secondary N) is 1. The van der Waals surface area contributed by atoms with Gasteiger partial charge >= 0.3 is 0 Å². The summed E-state index contributed by atoms with van der Waals surface area (Å²) < 4.78 is 39.1. The van der Waals surface area contributed by atoms with Gasteiger partial charge in [0.15, 0.2) is 5.82 Å². The van der Waals surface area contributed by atoms with Crippen LogP contribution in [-0.4, -0.2) is 24.9 Å². The van der Waals surface area contributed by atoms with E-state index in [0.29, 0.717) is 6.42 Å². The third-order valence-electron chi connectivity index (χ3n) is 2.09. The van der Waals surface area contributed by atoms with Crippen LogP contribution in [0, 0.1) is 5.82 Å². The Morgan fingerprint density at radius 1 is 1.33 bits per heavy atom. The number of halogens is 1. The molecule has 0 saturated heterocycles. The molecule has 2 heterocycles. The van der Waals surface area contributed by atoms with Crippen LogP contribution in [0.25, 0.3) is 0 Å². The summed E-state index contributed by atoms with van der Waals surface area (Å²) in [5.74, 6) is -0.862. The van der Waals surface area contributed by atoms with Crippen LogP contribution in [0.5, 0.6) is 0 Å². The van der Waals surface area contributed by atoms with Crippen LogP contribution in [0.1, 0.15) is 5.01 Å². The van der Waals surface area contributed by atoms with E-state index in [1.807, 2.05) is 5.38 Å². The van der Waals surface area contributed by atoms with E-state index >= 15 is 0 Å². The standard InChI is InChI=1S/C10H10FN3O2S2/c11-8-2-1-4-13-10(8)18(15,16)14-5-3-9-12-6-7-17-9/h1-2,4,6-7,14H,3,5H2. The van der Waals surface area contributed by atoms with Gasteiger partial charge in [-0.1, -0.05) is 0 Å². The molecule has 0 aliphatic carbocycles. The monoisotopic (exact) mass is 287 g/mol. The molecule has 2 aromatic rings. The molecule has 2 aromatic heterocycles. The number of pyridine rings is 1. The minimum Gasteiger partial charge on any atom is -0.250 e. The molecular weight excluding hydrogens is 277 g/mol. The van der Waals surface area contributed by atoms with E-state index in [9.17, 15) is 12.8 Å². The number of hydrogen-bond acceptors (Lipinski definition) is 5. The molecule has 0 saturated carbocycles. The summed E-state index contributed by atoms with van der Waals surface area (Å²) in [4.78, 5) is 7.55. The van der Waals surface area contributed by atoms with Crippen molar-refractivity contribution in [3.05, 3.63) is 40.7 Å². The van der Waals surface area contributed by atoms with E-state index in [-0.39, 0.29) is 6.54 Å². The maximum Gasteiger partial charge on any atom is 0.261 e. The fourth-order valence-electron chi connectivity index (χ4n) is 1.31. The second-order valence-corrected chi connectivity index (χ2v) is 6.03. The Kier molecular flexibility index (Phi) is 4.00. The zero-order valence-corrected chi connectivity index (χ0v) is 10.8. The first kappa shape index (κ1) is 13.1. The van der Waals surface area contributed by atoms with Gasteiger partial charge in [0.25, 0.3) is 10.0 Å². The molecule has 0 radical (unpaired) electrons. The fraction of sp³-hybridized carbons (Fsp3) is 0.200. The van der Waals surface area contributed by atoms with Gasteiger partial charge in [0.1, 0.15) is 0 Å². The van der Waals surface area contributed by atoms with E-state index in [0.717, 1.165) is 11.1 Å². The molecule has 0 atom stereocenters. The first-order valence-electron chi connectivity index (χ1n) is 5.08. The van der Waals surface area contributed by atoms with Crippen LogP contribution < -0.4 is 4.72 Å². The molecule has 0 aliphatic rings. The van der Waals surface area contributed by atoms with Crippen LogP contribution in [-0.2, 0) is 16.4 Å². The SMILES string of the molecule is O=S(=O)(NCCc1nccs1)c1ncccc1F. The van der Waals surface area contributed by atoms with E-state index in [1.165, 1.54) is 23.6 Å². The van der Waals surface area contributed by atoms with Crippen LogP contribution in [0.15, 0.2) is 34.9 Å². The topological polar surface area (TPSA) is 72.0 Å². The number of rotatable bonds is 5. The highest BCUT2D eigenvalue weighted by Gasteiger charge is 2.19. The molecule has 8 heteroatoms. The lowest BCUT2D eigenvalue weighted by Crippen LogP contribution is -2.27. The molecule has 1 N–H and O–H groups in total. The van der Waals surface area contributed by atoms with Crippen molar-refractivity contribution in [2.75, 3.05) is 6.54 Å². The first-order valence-corrected chi connectivity index (χ1v) is 7.44. The lowest BCUT2D eigenvalue weighted by atomic mass is 10.5. The normalized spacial score (nSPS) is 11.6. The van der Waals surface area contributed by atoms with Crippen LogP contribution in [0.2, 0.25) is 0 Å². The summed E-state index contributed by atoms with van der Waals surface area (Å²) in [7, 11) is -3.90. The van der Waals surface area contributed by atoms with Crippen molar-refractivity contribution in [2.24, 2.45) is 0 Å². The van der Waals surface area contributed by atoms with Crippen molar-refractivity contribution < 1.29 is 12.8 Å². The molecule has 0 fully saturated rings. The molecular formula is C10H10FN3O2S2. The Bertz CT molecular complexity index is 614. The molecule has 0 bridgehead atoms. The highest BCUT2D eigenvalue weighted by atomic mass is 32.2. The molecule has 0 aliphatic heterocycles. The van der Waals surface area contributed by atoms with Crippen LogP contribution in [0.4, 0.5) is 4.39 Å². The molecule has 96 valence electrons. The summed E-state index contributed by atoms with van der Waals surface area (Å²) >= 11 is 1.44. The van der Waals surface area contributed by atoms with Gasteiger partial charge in [0, 0.05) is 30.7 Å². The predicted octanol–water partition coefficient (Wildman–Crippen LogP) is 1.20. The number of nitrogens with zero attached hydrogens (tertiary/aromatic N) is 2. The summed E-state index contributed by atoms with van der Waals surface area (Å²) in [6, 6.07) is 2.40. The van der Waals surface area contributed by atoms with Crippen molar-refractivity contribution in [1.82, 2.24) is 14.7 Å². The quantitative estimate of drug-likeness (QED) is 0.897. The second-order valence-electron chi connectivity index (χ2n) is 3.36. The molecule has 0 spiro atoms. The van der Waals surface area contributed by atoms with Crippen LogP contribution in [0.3, 0.4) is 0 Å². The van der Waals surface area contributed by atoms with Crippen molar-refractivity contribution in [3.63, 3.8) is 0 Å². The number of thiazole rings is 1. The van der Waals surface area contributed by atoms with Crippen molar-refractivity contribution in [1.29, 1.82) is 0 Å². The van der Waals surface area contributed by atoms with Gasteiger partial charge in [-0.05, 0) is 12.1 Å². The summed E-state index contributed by atoms with van der Waals surface area (Å²) in [5.41, 5.74) is 0. The van der Waals surface area contributed by atoms with E-state index < -0.39 is 20.9 Å². The summed E-state index contributed by atoms with van der Waals surface area (Å²) in [5, 5.41) is 2.05. The summed E-state index contributed by atoms with van der Waals surface area (Å²) in [6.07, 6.45) is 3.34. The predicted molar refractivity (Wildman–Crippen MR) is 65.2 cm³/mol. The highest BCUT2D eigenvalue weighted by Crippen LogP contribution is 2.10. The Morgan fingerprint density at radius 2 is 2.17 bits per heavy atom. The van der Waals surface area contributed by atoms with E-state index in [4.69, 9.17) is 0 Å². The molecule has 5 nitrogen and oxygen atoms in total. The Balaban J connectivity index is 2.02. The Morgan fingerprint density at radius 3 is 2.83 bits per heavy atom. The molecule has 18 heavy (non-hydrogen) atoms. The zero-order chi connectivity index (χ0) is 13.0. The van der Waals surface area contributed by atoms with Crippen molar-refractivity contribution in [3.8, 4) is 0 Å². The fourth-order valence-corrected chi connectivity index (χ4v) is 2.96. The highest BCUT2D eigenvalue weighted by molar-refractivity contribution is 7.89. The average molecular weight is 287 g/mol. The molecule has 0 unspecified atom stereocenters. The summed E-state index contributed by atoms with van der Waals surface area (Å²) in [6.45, 7) is 0.159. The van der Waals surface area contributed by atoms with Crippen molar-refractivity contribution in [2.45, 2.75) is 11.4 Å². The maximum atomic E-state index is 13.3. The van der Waals surface area contributed by atoms with Gasteiger partial charge in [-0.2, -0.15) is 0 Å². The van der Waals surface area contributed by atoms with E-state index in [2.05, 4.69) is 14.7 Å². The third kappa shape index (κ3) is 3.09. The Labute approximate surface area is 108 Å². The van der Waals surface area contributed by atoms with Gasteiger partial charge < -0.3 is 0 Å². The molecule has 0 aromatic carbocycles. The zero-order valence-electron chi connectivity index (χ0n) is 9.21. The lowest BCUT2D eigenvalue weighted by molar-refractivity contribution is 0.545. The number of aromatic nitrogens is 2.